The van der Waals surface area contributed by atoms with Gasteiger partial charge in [-0.1, -0.05) is 37.1 Å². The normalized spacial score (nSPS) is 19.3. The summed E-state index contributed by atoms with van der Waals surface area (Å²) in [5.74, 6) is -0.114. The molecule has 2 N–H and O–H groups in total. The smallest absolute Gasteiger partial charge is 0.270 e. The maximum atomic E-state index is 13.0. The Balaban J connectivity index is 0.959. The number of rotatable bonds is 8. The minimum absolute atomic E-state index is 0.0125. The predicted octanol–water partition coefficient (Wildman–Crippen LogP) is 4.83. The highest BCUT2D eigenvalue weighted by molar-refractivity contribution is 6.01. The molecule has 2 aliphatic heterocycles. The lowest BCUT2D eigenvalue weighted by atomic mass is 9.90. The molecule has 3 fully saturated rings. The van der Waals surface area contributed by atoms with Crippen LogP contribution in [0.5, 0.6) is 0 Å². The first-order valence-corrected chi connectivity index (χ1v) is 16.7. The molecule has 2 aromatic heterocycles. The van der Waals surface area contributed by atoms with Crippen molar-refractivity contribution >= 4 is 46.1 Å². The summed E-state index contributed by atoms with van der Waals surface area (Å²) in [6, 6.07) is 18.9. The topological polar surface area (TPSA) is 116 Å². The standard InChI is InChI=1S/C36H42N8O3/c1-41(2)35(47)31-21-26-22-37-36(40-33(26)44(31)29-5-3-4-6-29)38-27-11-13-28(14-12-27)43-19-17-42(18-20-43)23-24-7-9-25(10-8-24)30-15-16-32(45)39-34(30)46/h7-14,21-22,29-30H,3-6,15-20,23H2,1-2H3,(H,37,38,40)(H,39,45,46). The van der Waals surface area contributed by atoms with Crippen molar-refractivity contribution in [2.24, 2.45) is 0 Å². The summed E-state index contributed by atoms with van der Waals surface area (Å²) in [5.41, 5.74) is 5.77. The monoisotopic (exact) mass is 634 g/mol. The first kappa shape index (κ1) is 30.9. The lowest BCUT2D eigenvalue weighted by Crippen LogP contribution is -2.45. The van der Waals surface area contributed by atoms with E-state index in [1.165, 1.54) is 24.1 Å². The highest BCUT2D eigenvalue weighted by Gasteiger charge is 2.28. The van der Waals surface area contributed by atoms with Crippen molar-refractivity contribution in [3.05, 3.63) is 77.6 Å². The Labute approximate surface area is 275 Å². The molecular formula is C36H42N8O3. The molecule has 47 heavy (non-hydrogen) atoms. The molecule has 1 aliphatic carbocycles. The van der Waals surface area contributed by atoms with Gasteiger partial charge in [-0.25, -0.2) is 4.98 Å². The van der Waals surface area contributed by atoms with Gasteiger partial charge < -0.3 is 19.7 Å². The van der Waals surface area contributed by atoms with E-state index in [0.717, 1.165) is 67.8 Å². The van der Waals surface area contributed by atoms with Gasteiger partial charge in [-0.2, -0.15) is 4.98 Å². The number of piperazine rings is 1. The van der Waals surface area contributed by atoms with Gasteiger partial charge in [0.15, 0.2) is 0 Å². The van der Waals surface area contributed by atoms with Crippen LogP contribution in [0.1, 0.15) is 72.1 Å². The van der Waals surface area contributed by atoms with Gasteiger partial charge in [0.2, 0.25) is 17.8 Å². The Kier molecular flexibility index (Phi) is 8.64. The number of nitrogens with one attached hydrogen (secondary N) is 2. The minimum Gasteiger partial charge on any atom is -0.369 e. The van der Waals surface area contributed by atoms with Gasteiger partial charge in [-0.3, -0.25) is 24.6 Å². The van der Waals surface area contributed by atoms with E-state index in [-0.39, 0.29) is 29.7 Å². The third-order valence-corrected chi connectivity index (χ3v) is 9.78. The van der Waals surface area contributed by atoms with Crippen LogP contribution in [0.4, 0.5) is 17.3 Å². The van der Waals surface area contributed by atoms with Gasteiger partial charge in [0.05, 0.1) is 5.92 Å². The van der Waals surface area contributed by atoms with Crippen molar-refractivity contribution in [2.45, 2.75) is 57.0 Å². The molecule has 3 aliphatic rings. The van der Waals surface area contributed by atoms with Crippen LogP contribution in [0.25, 0.3) is 11.0 Å². The first-order chi connectivity index (χ1) is 22.8. The number of carbonyl (C=O) groups excluding carboxylic acids is 3. The summed E-state index contributed by atoms with van der Waals surface area (Å²) in [4.78, 5) is 52.7. The summed E-state index contributed by atoms with van der Waals surface area (Å²) >= 11 is 0. The van der Waals surface area contributed by atoms with Crippen molar-refractivity contribution in [2.75, 3.05) is 50.5 Å². The van der Waals surface area contributed by atoms with Crippen molar-refractivity contribution in [1.82, 2.24) is 29.7 Å². The number of piperidine rings is 1. The second kappa shape index (κ2) is 13.2. The van der Waals surface area contributed by atoms with Crippen molar-refractivity contribution in [1.29, 1.82) is 0 Å². The Morgan fingerprint density at radius 1 is 0.957 bits per heavy atom. The zero-order valence-corrected chi connectivity index (χ0v) is 27.1. The zero-order chi connectivity index (χ0) is 32.5. The summed E-state index contributed by atoms with van der Waals surface area (Å²) in [6.45, 7) is 4.66. The maximum absolute atomic E-state index is 13.0. The second-order valence-electron chi connectivity index (χ2n) is 13.2. The number of hydrogen-bond donors (Lipinski definition) is 2. The predicted molar refractivity (Wildman–Crippen MR) is 182 cm³/mol. The average Bonchev–Trinajstić information content (AvgIpc) is 3.74. The highest BCUT2D eigenvalue weighted by Crippen LogP contribution is 2.35. The molecule has 4 aromatic rings. The van der Waals surface area contributed by atoms with Crippen molar-refractivity contribution in [3.8, 4) is 0 Å². The number of aromatic nitrogens is 3. The molecule has 0 bridgehead atoms. The quantitative estimate of drug-likeness (QED) is 0.265. The van der Waals surface area contributed by atoms with Gasteiger partial charge in [0.25, 0.3) is 5.91 Å². The third kappa shape index (κ3) is 6.58. The summed E-state index contributed by atoms with van der Waals surface area (Å²) < 4.78 is 2.14. The molecule has 7 rings (SSSR count). The van der Waals surface area contributed by atoms with Crippen LogP contribution >= 0.6 is 0 Å². The molecular weight excluding hydrogens is 592 g/mol. The molecule has 244 valence electrons. The van der Waals surface area contributed by atoms with Gasteiger partial charge in [-0.05, 0) is 60.7 Å². The molecule has 11 heteroatoms. The van der Waals surface area contributed by atoms with Crippen LogP contribution in [-0.2, 0) is 16.1 Å². The zero-order valence-electron chi connectivity index (χ0n) is 27.1. The van der Waals surface area contributed by atoms with E-state index in [1.54, 1.807) is 19.0 Å². The largest absolute Gasteiger partial charge is 0.369 e. The van der Waals surface area contributed by atoms with E-state index >= 15 is 0 Å². The third-order valence-electron chi connectivity index (χ3n) is 9.78. The Hall–Kier alpha value is -4.77. The number of anilines is 3. The molecule has 0 radical (unpaired) electrons. The summed E-state index contributed by atoms with van der Waals surface area (Å²) in [5, 5.41) is 6.71. The van der Waals surface area contributed by atoms with Crippen LogP contribution < -0.4 is 15.5 Å². The van der Waals surface area contributed by atoms with Gasteiger partial charge in [0.1, 0.15) is 11.3 Å². The molecule has 1 unspecified atom stereocenters. The highest BCUT2D eigenvalue weighted by atomic mass is 16.2. The minimum atomic E-state index is -0.245. The Bertz CT molecular complexity index is 1770. The van der Waals surface area contributed by atoms with E-state index in [4.69, 9.17) is 4.98 Å². The molecule has 3 amide bonds. The number of imide groups is 1. The van der Waals surface area contributed by atoms with Gasteiger partial charge in [0, 0.05) is 82.2 Å². The number of fused-ring (bicyclic) bond motifs is 1. The lowest BCUT2D eigenvalue weighted by Gasteiger charge is -2.36. The van der Waals surface area contributed by atoms with E-state index in [1.807, 2.05) is 24.4 Å². The molecule has 2 saturated heterocycles. The number of carbonyl (C=O) groups is 3. The molecule has 1 atom stereocenters. The van der Waals surface area contributed by atoms with Crippen LogP contribution in [0.3, 0.4) is 0 Å². The molecule has 2 aromatic carbocycles. The maximum Gasteiger partial charge on any atom is 0.270 e. The molecule has 1 saturated carbocycles. The fraction of sp³-hybridized carbons (Fsp3) is 0.417. The van der Waals surface area contributed by atoms with Crippen LogP contribution in [0, 0.1) is 0 Å². The summed E-state index contributed by atoms with van der Waals surface area (Å²) in [6.07, 6.45) is 7.22. The van der Waals surface area contributed by atoms with Gasteiger partial charge in [-0.15, -0.1) is 0 Å². The van der Waals surface area contributed by atoms with Crippen LogP contribution in [0.15, 0.2) is 60.8 Å². The van der Waals surface area contributed by atoms with E-state index in [0.29, 0.717) is 24.5 Å². The Morgan fingerprint density at radius 3 is 2.36 bits per heavy atom. The SMILES string of the molecule is CN(C)C(=O)c1cc2cnc(Nc3ccc(N4CCN(Cc5ccc(C6CCC(=O)NC6=O)cc5)CC4)cc3)nc2n1C1CCCC1. The first-order valence-electron chi connectivity index (χ1n) is 16.7. The number of nitrogens with zero attached hydrogens (tertiary/aromatic N) is 6. The number of hydrogen-bond acceptors (Lipinski definition) is 8. The molecule has 0 spiro atoms. The van der Waals surface area contributed by atoms with Crippen molar-refractivity contribution < 1.29 is 14.4 Å². The number of benzene rings is 2. The van der Waals surface area contributed by atoms with Crippen LogP contribution in [-0.4, -0.2) is 82.3 Å². The summed E-state index contributed by atoms with van der Waals surface area (Å²) in [7, 11) is 3.57. The van der Waals surface area contributed by atoms with Crippen LogP contribution in [0.2, 0.25) is 0 Å². The fourth-order valence-electron chi connectivity index (χ4n) is 7.17. The second-order valence-corrected chi connectivity index (χ2v) is 13.2. The fourth-order valence-corrected chi connectivity index (χ4v) is 7.17. The number of amides is 3. The lowest BCUT2D eigenvalue weighted by molar-refractivity contribution is -0.134. The van der Waals surface area contributed by atoms with E-state index < -0.39 is 0 Å². The molecule has 11 nitrogen and oxygen atoms in total. The van der Waals surface area contributed by atoms with Gasteiger partial charge >= 0.3 is 0 Å². The average molecular weight is 635 g/mol. The van der Waals surface area contributed by atoms with E-state index in [2.05, 4.69) is 66.4 Å². The molecule has 4 heterocycles. The van der Waals surface area contributed by atoms with E-state index in [9.17, 15) is 14.4 Å². The van der Waals surface area contributed by atoms with Crippen molar-refractivity contribution in [3.63, 3.8) is 0 Å². The Morgan fingerprint density at radius 2 is 1.68 bits per heavy atom.